The highest BCUT2D eigenvalue weighted by molar-refractivity contribution is 7.52. The fourth-order valence-corrected chi connectivity index (χ4v) is 0.752. The van der Waals surface area contributed by atoms with Gasteiger partial charge in [-0.1, -0.05) is 0 Å². The predicted octanol–water partition coefficient (Wildman–Crippen LogP) is -1.17. The Morgan fingerprint density at radius 3 is 2.11 bits per heavy atom. The number of hydrogen-bond donors (Lipinski definition) is 4. The maximum absolute atomic E-state index is 10.2. The highest BCUT2D eigenvalue weighted by Crippen LogP contribution is 2.39. The van der Waals surface area contributed by atoms with E-state index in [0.29, 0.717) is 0 Å². The molecule has 0 bridgehead atoms. The molecule has 0 rings (SSSR count). The first-order valence-electron chi connectivity index (χ1n) is 2.40. The quantitative estimate of drug-likeness (QED) is 0.384. The van der Waals surface area contributed by atoms with Crippen LogP contribution in [0.3, 0.4) is 0 Å². The standard InChI is InChI=1S/C3H10NO4P/c4-3(1-2-5)9(6,7)8/h3,5H,1-2,4H2,(H2,6,7,8)/t3-/m1/s1. The molecule has 0 aliphatic carbocycles. The minimum atomic E-state index is -4.16. The number of rotatable bonds is 3. The molecule has 1 atom stereocenters. The summed E-state index contributed by atoms with van der Waals surface area (Å²) in [6, 6.07) is 0. The van der Waals surface area contributed by atoms with Gasteiger partial charge in [-0.15, -0.1) is 0 Å². The molecule has 0 heterocycles. The fraction of sp³-hybridized carbons (Fsp3) is 1.00. The summed E-state index contributed by atoms with van der Waals surface area (Å²) in [6.45, 7) is -0.299. The van der Waals surface area contributed by atoms with Gasteiger partial charge < -0.3 is 20.6 Å². The molecule has 0 fully saturated rings. The topological polar surface area (TPSA) is 104 Å². The Hall–Kier alpha value is 0.0700. The van der Waals surface area contributed by atoms with Crippen LogP contribution >= 0.6 is 7.60 Å². The van der Waals surface area contributed by atoms with Gasteiger partial charge in [-0.2, -0.15) is 0 Å². The van der Waals surface area contributed by atoms with Crippen LogP contribution in [-0.4, -0.2) is 27.3 Å². The van der Waals surface area contributed by atoms with Crippen LogP contribution < -0.4 is 5.73 Å². The van der Waals surface area contributed by atoms with Crippen LogP contribution in [-0.2, 0) is 4.57 Å². The maximum Gasteiger partial charge on any atom is 0.342 e. The zero-order valence-electron chi connectivity index (χ0n) is 4.77. The van der Waals surface area contributed by atoms with Crippen molar-refractivity contribution in [3.8, 4) is 0 Å². The summed E-state index contributed by atoms with van der Waals surface area (Å²) in [5, 5.41) is 8.18. The average molecular weight is 155 g/mol. The predicted molar refractivity (Wildman–Crippen MR) is 31.7 cm³/mol. The molecular weight excluding hydrogens is 145 g/mol. The van der Waals surface area contributed by atoms with E-state index in [9.17, 15) is 4.57 Å². The molecule has 0 aliphatic heterocycles. The Morgan fingerprint density at radius 2 is 2.00 bits per heavy atom. The Labute approximate surface area is 52.7 Å². The normalized spacial score (nSPS) is 15.6. The van der Waals surface area contributed by atoms with Crippen LogP contribution in [0.4, 0.5) is 0 Å². The SMILES string of the molecule is N[C@@H](CCO)P(=O)(O)O. The maximum atomic E-state index is 10.2. The molecule has 0 unspecified atom stereocenters. The van der Waals surface area contributed by atoms with Gasteiger partial charge in [0, 0.05) is 6.61 Å². The van der Waals surface area contributed by atoms with Crippen molar-refractivity contribution in [3.63, 3.8) is 0 Å². The molecule has 0 saturated carbocycles. The van der Waals surface area contributed by atoms with Gasteiger partial charge in [-0.3, -0.25) is 4.57 Å². The lowest BCUT2D eigenvalue weighted by Crippen LogP contribution is -2.20. The van der Waals surface area contributed by atoms with Gasteiger partial charge in [0.25, 0.3) is 0 Å². The summed E-state index contributed by atoms with van der Waals surface area (Å²) in [7, 11) is -4.16. The second kappa shape index (κ2) is 3.29. The lowest BCUT2D eigenvalue weighted by molar-refractivity contribution is 0.274. The molecule has 5 nitrogen and oxygen atoms in total. The zero-order valence-corrected chi connectivity index (χ0v) is 5.66. The summed E-state index contributed by atoms with van der Waals surface area (Å²) in [6.07, 6.45) is -0.0652. The molecule has 0 aromatic rings. The van der Waals surface area contributed by atoms with E-state index in [0.717, 1.165) is 0 Å². The van der Waals surface area contributed by atoms with E-state index in [2.05, 4.69) is 0 Å². The van der Waals surface area contributed by atoms with Crippen molar-refractivity contribution in [1.82, 2.24) is 0 Å². The monoisotopic (exact) mass is 155 g/mol. The van der Waals surface area contributed by atoms with Gasteiger partial charge in [-0.25, -0.2) is 0 Å². The van der Waals surface area contributed by atoms with E-state index in [-0.39, 0.29) is 13.0 Å². The highest BCUT2D eigenvalue weighted by Gasteiger charge is 2.23. The molecule has 56 valence electrons. The van der Waals surface area contributed by atoms with Crippen molar-refractivity contribution in [1.29, 1.82) is 0 Å². The molecule has 9 heavy (non-hydrogen) atoms. The molecule has 5 N–H and O–H groups in total. The fourth-order valence-electron chi connectivity index (χ4n) is 0.300. The van der Waals surface area contributed by atoms with E-state index >= 15 is 0 Å². The van der Waals surface area contributed by atoms with Crippen molar-refractivity contribution in [2.24, 2.45) is 5.73 Å². The number of aliphatic hydroxyl groups is 1. The molecule has 0 aliphatic rings. The minimum Gasteiger partial charge on any atom is -0.396 e. The first-order valence-corrected chi connectivity index (χ1v) is 4.08. The Bertz CT molecular complexity index is 121. The largest absolute Gasteiger partial charge is 0.396 e. The van der Waals surface area contributed by atoms with E-state index in [1.807, 2.05) is 0 Å². The molecule has 0 spiro atoms. The third kappa shape index (κ3) is 3.61. The number of hydrogen-bond acceptors (Lipinski definition) is 3. The first kappa shape index (κ1) is 9.07. The average Bonchev–Trinajstić information content (AvgIpc) is 1.64. The van der Waals surface area contributed by atoms with E-state index < -0.39 is 13.4 Å². The van der Waals surface area contributed by atoms with Crippen LogP contribution in [0.25, 0.3) is 0 Å². The second-order valence-electron chi connectivity index (χ2n) is 1.67. The summed E-state index contributed by atoms with van der Waals surface area (Å²) < 4.78 is 10.2. The molecule has 0 amide bonds. The smallest absolute Gasteiger partial charge is 0.342 e. The van der Waals surface area contributed by atoms with Gasteiger partial charge in [-0.05, 0) is 6.42 Å². The van der Waals surface area contributed by atoms with Gasteiger partial charge in [0.1, 0.15) is 5.78 Å². The highest BCUT2D eigenvalue weighted by atomic mass is 31.2. The number of aliphatic hydroxyl groups excluding tert-OH is 1. The first-order chi connectivity index (χ1) is 3.98. The van der Waals surface area contributed by atoms with Crippen LogP contribution in [0.15, 0.2) is 0 Å². The van der Waals surface area contributed by atoms with Gasteiger partial charge in [0.15, 0.2) is 0 Å². The van der Waals surface area contributed by atoms with E-state index in [4.69, 9.17) is 20.6 Å². The van der Waals surface area contributed by atoms with Crippen molar-refractivity contribution < 1.29 is 19.5 Å². The second-order valence-corrected chi connectivity index (χ2v) is 3.51. The molecule has 0 radical (unpaired) electrons. The van der Waals surface area contributed by atoms with Crippen molar-refractivity contribution in [3.05, 3.63) is 0 Å². The Balaban J connectivity index is 3.74. The lowest BCUT2D eigenvalue weighted by Gasteiger charge is -2.10. The Morgan fingerprint density at radius 1 is 1.56 bits per heavy atom. The third-order valence-electron chi connectivity index (χ3n) is 0.857. The van der Waals surface area contributed by atoms with E-state index in [1.165, 1.54) is 0 Å². The molecule has 0 saturated heterocycles. The molecular formula is C3H10NO4P. The summed E-state index contributed by atoms with van der Waals surface area (Å²) in [4.78, 5) is 16.6. The van der Waals surface area contributed by atoms with Crippen LogP contribution in [0, 0.1) is 0 Å². The van der Waals surface area contributed by atoms with Crippen molar-refractivity contribution >= 4 is 7.60 Å². The van der Waals surface area contributed by atoms with Crippen LogP contribution in [0.2, 0.25) is 0 Å². The van der Waals surface area contributed by atoms with Crippen LogP contribution in [0.5, 0.6) is 0 Å². The summed E-state index contributed by atoms with van der Waals surface area (Å²) in [5.74, 6) is -1.22. The van der Waals surface area contributed by atoms with Gasteiger partial charge in [0.2, 0.25) is 0 Å². The number of nitrogens with two attached hydrogens (primary N) is 1. The van der Waals surface area contributed by atoms with Gasteiger partial charge in [0.05, 0.1) is 0 Å². The lowest BCUT2D eigenvalue weighted by atomic mass is 10.5. The van der Waals surface area contributed by atoms with E-state index in [1.54, 1.807) is 0 Å². The van der Waals surface area contributed by atoms with Gasteiger partial charge >= 0.3 is 7.60 Å². The summed E-state index contributed by atoms with van der Waals surface area (Å²) >= 11 is 0. The molecule has 0 aromatic heterocycles. The minimum absolute atomic E-state index is 0.0652. The van der Waals surface area contributed by atoms with Crippen molar-refractivity contribution in [2.75, 3.05) is 6.61 Å². The Kier molecular flexibility index (Phi) is 3.32. The molecule has 6 heteroatoms. The summed E-state index contributed by atoms with van der Waals surface area (Å²) in [5.41, 5.74) is 4.94. The van der Waals surface area contributed by atoms with Crippen LogP contribution in [0.1, 0.15) is 6.42 Å². The zero-order chi connectivity index (χ0) is 7.49. The van der Waals surface area contributed by atoms with Crippen molar-refractivity contribution in [2.45, 2.75) is 12.2 Å². The molecule has 0 aromatic carbocycles. The third-order valence-corrected chi connectivity index (χ3v) is 1.98.